The molecular formula is C5H6N2O2. The first-order valence-electron chi connectivity index (χ1n) is 2.41. The van der Waals surface area contributed by atoms with Gasteiger partial charge >= 0.3 is 0 Å². The van der Waals surface area contributed by atoms with Crippen LogP contribution in [0.4, 0.5) is 0 Å². The molecule has 0 aliphatic heterocycles. The summed E-state index contributed by atoms with van der Waals surface area (Å²) in [5, 5.41) is 0. The van der Waals surface area contributed by atoms with Crippen molar-refractivity contribution in [1.82, 2.24) is 9.97 Å². The molecule has 4 heteroatoms. The van der Waals surface area contributed by atoms with E-state index in [1.165, 1.54) is 19.5 Å². The van der Waals surface area contributed by atoms with Gasteiger partial charge < -0.3 is 9.72 Å². The van der Waals surface area contributed by atoms with Crippen molar-refractivity contribution < 1.29 is 4.74 Å². The lowest BCUT2D eigenvalue weighted by molar-refractivity contribution is 0.395. The fourth-order valence-electron chi connectivity index (χ4n) is 0.441. The summed E-state index contributed by atoms with van der Waals surface area (Å²) >= 11 is 0. The molecule has 4 nitrogen and oxygen atoms in total. The molecule has 0 aliphatic rings. The molecule has 0 saturated carbocycles. The third-order valence-corrected chi connectivity index (χ3v) is 0.856. The van der Waals surface area contributed by atoms with Crippen molar-refractivity contribution >= 4 is 0 Å². The first-order chi connectivity index (χ1) is 4.33. The van der Waals surface area contributed by atoms with Crippen LogP contribution in [0.3, 0.4) is 0 Å². The fraction of sp³-hybridized carbons (Fsp3) is 0.200. The Bertz CT molecular complexity index is 222. The number of nitrogens with zero attached hydrogens (tertiary/aromatic N) is 1. The van der Waals surface area contributed by atoms with Gasteiger partial charge in [-0.2, -0.15) is 0 Å². The highest BCUT2D eigenvalue weighted by Gasteiger charge is 1.87. The largest absolute Gasteiger partial charge is 0.480 e. The van der Waals surface area contributed by atoms with Gasteiger partial charge in [-0.3, -0.25) is 4.79 Å². The van der Waals surface area contributed by atoms with Crippen LogP contribution in [0.25, 0.3) is 0 Å². The topological polar surface area (TPSA) is 55.0 Å². The molecule has 0 amide bonds. The predicted octanol–water partition coefficient (Wildman–Crippen LogP) is -0.222. The average molecular weight is 126 g/mol. The van der Waals surface area contributed by atoms with E-state index in [1.54, 1.807) is 0 Å². The zero-order valence-electron chi connectivity index (χ0n) is 4.92. The highest BCUT2D eigenvalue weighted by Crippen LogP contribution is 1.94. The summed E-state index contributed by atoms with van der Waals surface area (Å²) in [4.78, 5) is 16.4. The van der Waals surface area contributed by atoms with Gasteiger partial charge in [-0.1, -0.05) is 0 Å². The summed E-state index contributed by atoms with van der Waals surface area (Å²) in [6.07, 6.45) is 2.57. The molecule has 0 aromatic carbocycles. The van der Waals surface area contributed by atoms with Gasteiger partial charge in [0.2, 0.25) is 5.88 Å². The van der Waals surface area contributed by atoms with E-state index in [1.807, 2.05) is 0 Å². The molecule has 0 unspecified atom stereocenters. The maximum atomic E-state index is 10.4. The molecule has 0 atom stereocenters. The first kappa shape index (κ1) is 5.81. The Kier molecular flexibility index (Phi) is 1.48. The second-order valence-corrected chi connectivity index (χ2v) is 1.45. The van der Waals surface area contributed by atoms with Crippen molar-refractivity contribution in [2.45, 2.75) is 0 Å². The van der Waals surface area contributed by atoms with Crippen LogP contribution >= 0.6 is 0 Å². The number of methoxy groups -OCH3 is 1. The highest BCUT2D eigenvalue weighted by molar-refractivity contribution is 5.00. The predicted molar refractivity (Wildman–Crippen MR) is 31.4 cm³/mol. The summed E-state index contributed by atoms with van der Waals surface area (Å²) in [7, 11) is 1.49. The van der Waals surface area contributed by atoms with Crippen molar-refractivity contribution in [1.29, 1.82) is 0 Å². The number of H-pyrrole nitrogens is 1. The van der Waals surface area contributed by atoms with Crippen molar-refractivity contribution in [3.63, 3.8) is 0 Å². The van der Waals surface area contributed by atoms with Gasteiger partial charge in [0.1, 0.15) is 0 Å². The lowest BCUT2D eigenvalue weighted by Crippen LogP contribution is -2.04. The fourth-order valence-corrected chi connectivity index (χ4v) is 0.441. The Morgan fingerprint density at radius 2 is 2.56 bits per heavy atom. The zero-order chi connectivity index (χ0) is 6.69. The van der Waals surface area contributed by atoms with E-state index in [0.717, 1.165) is 0 Å². The van der Waals surface area contributed by atoms with E-state index in [4.69, 9.17) is 0 Å². The van der Waals surface area contributed by atoms with E-state index < -0.39 is 0 Å². The van der Waals surface area contributed by atoms with Gasteiger partial charge in [0.15, 0.2) is 0 Å². The van der Waals surface area contributed by atoms with Crippen LogP contribution in [-0.4, -0.2) is 17.1 Å². The molecule has 1 rings (SSSR count). The van der Waals surface area contributed by atoms with Crippen molar-refractivity contribution in [2.24, 2.45) is 0 Å². The number of aromatic amines is 1. The van der Waals surface area contributed by atoms with Crippen LogP contribution < -0.4 is 10.3 Å². The van der Waals surface area contributed by atoms with Crippen LogP contribution in [0, 0.1) is 0 Å². The lowest BCUT2D eigenvalue weighted by Gasteiger charge is -1.92. The van der Waals surface area contributed by atoms with Crippen LogP contribution in [0.2, 0.25) is 0 Å². The average Bonchev–Trinajstić information content (AvgIpc) is 1.90. The Balaban J connectivity index is 3.02. The molecule has 0 saturated heterocycles. The quantitative estimate of drug-likeness (QED) is 0.565. The molecule has 0 bridgehead atoms. The number of aromatic nitrogens is 2. The standard InChI is InChI=1S/C5H6N2O2/c1-9-5-3-6-4(8)2-7-5/h2-3H,1H3,(H,6,8). The van der Waals surface area contributed by atoms with Gasteiger partial charge in [-0.25, -0.2) is 4.98 Å². The minimum absolute atomic E-state index is 0.226. The number of nitrogens with one attached hydrogen (secondary N) is 1. The molecule has 48 valence electrons. The van der Waals surface area contributed by atoms with Crippen molar-refractivity contribution in [2.75, 3.05) is 7.11 Å². The third kappa shape index (κ3) is 1.28. The Hall–Kier alpha value is -1.32. The van der Waals surface area contributed by atoms with Crippen LogP contribution in [0.5, 0.6) is 5.88 Å². The van der Waals surface area contributed by atoms with Crippen LogP contribution in [0.1, 0.15) is 0 Å². The Morgan fingerprint density at radius 3 is 3.00 bits per heavy atom. The van der Waals surface area contributed by atoms with Crippen LogP contribution in [0.15, 0.2) is 17.2 Å². The van der Waals surface area contributed by atoms with E-state index in [9.17, 15) is 4.79 Å². The number of ether oxygens (including phenoxy) is 1. The molecule has 1 N–H and O–H groups in total. The lowest BCUT2D eigenvalue weighted by atomic mass is 10.7. The summed E-state index contributed by atoms with van der Waals surface area (Å²) in [6, 6.07) is 0. The molecule has 1 heterocycles. The second kappa shape index (κ2) is 2.30. The molecular weight excluding hydrogens is 120 g/mol. The molecule has 0 aliphatic carbocycles. The summed E-state index contributed by atoms with van der Waals surface area (Å²) in [5.41, 5.74) is -0.226. The van der Waals surface area contributed by atoms with Crippen LogP contribution in [-0.2, 0) is 0 Å². The molecule has 0 spiro atoms. The summed E-state index contributed by atoms with van der Waals surface area (Å²) < 4.78 is 4.69. The first-order valence-corrected chi connectivity index (χ1v) is 2.41. The third-order valence-electron chi connectivity index (χ3n) is 0.856. The SMILES string of the molecule is COc1c[nH]c(=O)cn1. The van der Waals surface area contributed by atoms with Gasteiger partial charge in [0.25, 0.3) is 5.56 Å². The molecule has 9 heavy (non-hydrogen) atoms. The molecule has 1 aromatic rings. The molecule has 0 fully saturated rings. The normalized spacial score (nSPS) is 9.00. The number of hydrogen-bond donors (Lipinski definition) is 1. The van der Waals surface area contributed by atoms with Crippen molar-refractivity contribution in [3.05, 3.63) is 22.7 Å². The maximum absolute atomic E-state index is 10.4. The smallest absolute Gasteiger partial charge is 0.266 e. The minimum atomic E-state index is -0.226. The van der Waals surface area contributed by atoms with Crippen molar-refractivity contribution in [3.8, 4) is 5.88 Å². The summed E-state index contributed by atoms with van der Waals surface area (Å²) in [5.74, 6) is 0.412. The highest BCUT2D eigenvalue weighted by atomic mass is 16.5. The number of hydrogen-bond acceptors (Lipinski definition) is 3. The van der Waals surface area contributed by atoms with Gasteiger partial charge in [-0.15, -0.1) is 0 Å². The van der Waals surface area contributed by atoms with E-state index in [0.29, 0.717) is 5.88 Å². The molecule has 0 radical (unpaired) electrons. The molecule has 1 aromatic heterocycles. The summed E-state index contributed by atoms with van der Waals surface area (Å²) in [6.45, 7) is 0. The minimum Gasteiger partial charge on any atom is -0.480 e. The van der Waals surface area contributed by atoms with Gasteiger partial charge in [0, 0.05) is 0 Å². The monoisotopic (exact) mass is 126 g/mol. The zero-order valence-corrected chi connectivity index (χ0v) is 4.92. The maximum Gasteiger partial charge on any atom is 0.266 e. The Morgan fingerprint density at radius 1 is 1.78 bits per heavy atom. The van der Waals surface area contributed by atoms with E-state index in [2.05, 4.69) is 14.7 Å². The van der Waals surface area contributed by atoms with E-state index in [-0.39, 0.29) is 5.56 Å². The van der Waals surface area contributed by atoms with E-state index >= 15 is 0 Å². The second-order valence-electron chi connectivity index (χ2n) is 1.45. The van der Waals surface area contributed by atoms with Gasteiger partial charge in [0.05, 0.1) is 19.5 Å². The number of rotatable bonds is 1. The Labute approximate surface area is 51.5 Å². The van der Waals surface area contributed by atoms with Gasteiger partial charge in [-0.05, 0) is 0 Å².